The van der Waals surface area contributed by atoms with Crippen LogP contribution in [0.3, 0.4) is 0 Å². The first-order chi connectivity index (χ1) is 19.4. The fourth-order valence-corrected chi connectivity index (χ4v) is 5.19. The molecule has 0 amide bonds. The van der Waals surface area contributed by atoms with Crippen LogP contribution in [0.2, 0.25) is 0 Å². The first-order valence-corrected chi connectivity index (χ1v) is 12.9. The summed E-state index contributed by atoms with van der Waals surface area (Å²) in [6.45, 7) is 0. The van der Waals surface area contributed by atoms with Gasteiger partial charge in [-0.25, -0.2) is 11.1 Å². The van der Waals surface area contributed by atoms with Gasteiger partial charge in [-0.05, 0) is 27.9 Å². The zero-order valence-electron chi connectivity index (χ0n) is 21.4. The molecule has 0 aliphatic rings. The number of hydrogen-bond donors (Lipinski definition) is 0. The van der Waals surface area contributed by atoms with Crippen molar-refractivity contribution in [2.24, 2.45) is 0 Å². The van der Waals surface area contributed by atoms with Crippen molar-refractivity contribution in [2.45, 2.75) is 0 Å². The predicted molar refractivity (Wildman–Crippen MR) is 160 cm³/mol. The summed E-state index contributed by atoms with van der Waals surface area (Å²) in [7, 11) is 0. The van der Waals surface area contributed by atoms with E-state index in [1.807, 2.05) is 72.8 Å². The molecule has 0 saturated heterocycles. The van der Waals surface area contributed by atoms with Crippen LogP contribution < -0.4 is 0 Å². The average molecular weight is 689 g/mol. The molecule has 40 heavy (non-hydrogen) atoms. The monoisotopic (exact) mass is 689 g/mol. The Morgan fingerprint density at radius 2 is 1.07 bits per heavy atom. The minimum atomic E-state index is 0. The van der Waals surface area contributed by atoms with Crippen molar-refractivity contribution >= 4 is 43.5 Å². The summed E-state index contributed by atoms with van der Waals surface area (Å²) in [5, 5.41) is 7.06. The van der Waals surface area contributed by atoms with Gasteiger partial charge in [0.25, 0.3) is 0 Å². The van der Waals surface area contributed by atoms with E-state index >= 15 is 0 Å². The summed E-state index contributed by atoms with van der Waals surface area (Å²) in [6.07, 6.45) is 1.80. The van der Waals surface area contributed by atoms with Gasteiger partial charge in [0.2, 0.25) is 0 Å². The van der Waals surface area contributed by atoms with Gasteiger partial charge < -0.3 is 9.40 Å². The van der Waals surface area contributed by atoms with Gasteiger partial charge in [0.1, 0.15) is 5.58 Å². The minimum Gasteiger partial charge on any atom is -0.500 e. The number of nitrogens with zero attached hydrogens (tertiary/aromatic N) is 1. The van der Waals surface area contributed by atoms with E-state index in [0.717, 1.165) is 49.7 Å². The summed E-state index contributed by atoms with van der Waals surface area (Å²) in [5.74, 6) is 0. The van der Waals surface area contributed by atoms with Crippen LogP contribution >= 0.6 is 0 Å². The SMILES string of the molecule is [Ir+3].[c-]1ccc2c(oc3c4ccccc4c4ccccc4c23)c1-c1ccccn1.[c-]1ccccc1-c1[c-]cccc1. The second kappa shape index (κ2) is 11.3. The van der Waals surface area contributed by atoms with Crippen molar-refractivity contribution in [1.29, 1.82) is 0 Å². The van der Waals surface area contributed by atoms with Crippen LogP contribution in [-0.4, -0.2) is 4.98 Å². The van der Waals surface area contributed by atoms with Gasteiger partial charge in [0, 0.05) is 17.0 Å². The van der Waals surface area contributed by atoms with E-state index in [-0.39, 0.29) is 20.1 Å². The van der Waals surface area contributed by atoms with E-state index in [0.29, 0.717) is 0 Å². The van der Waals surface area contributed by atoms with Crippen LogP contribution in [0.25, 0.3) is 65.9 Å². The number of rotatable bonds is 2. The summed E-state index contributed by atoms with van der Waals surface area (Å²) in [6, 6.07) is 52.4. The van der Waals surface area contributed by atoms with Crippen molar-refractivity contribution in [3.8, 4) is 22.4 Å². The van der Waals surface area contributed by atoms with Crippen LogP contribution in [-0.2, 0) is 20.1 Å². The van der Waals surface area contributed by atoms with E-state index in [1.165, 1.54) is 16.2 Å². The molecule has 0 N–H and O–H groups in total. The molecule has 2 aromatic heterocycles. The Bertz CT molecular complexity index is 2010. The molecule has 0 saturated carbocycles. The standard InChI is InChI=1S/C25H14NO.C12H8.Ir/c1-3-10-18-16(8-1)17-9-2-4-11-19(17)25-23(18)21-13-7-12-20(24(21)27-25)22-14-5-6-15-26-22;1-3-7-11(8-4-1)12-9-5-2-6-10-12;/h1-11,13-15H;1-7,9H;/q-1;-2;+3. The molecular weight excluding hydrogens is 667 g/mol. The molecule has 3 heteroatoms. The zero-order valence-corrected chi connectivity index (χ0v) is 23.8. The van der Waals surface area contributed by atoms with Crippen molar-refractivity contribution in [1.82, 2.24) is 4.98 Å². The van der Waals surface area contributed by atoms with E-state index in [4.69, 9.17) is 4.42 Å². The third-order valence-electron chi connectivity index (χ3n) is 6.94. The molecule has 0 aliphatic heterocycles. The molecule has 2 heterocycles. The molecule has 0 fully saturated rings. The molecule has 0 bridgehead atoms. The number of aromatic nitrogens is 1. The summed E-state index contributed by atoms with van der Waals surface area (Å²) >= 11 is 0. The van der Waals surface area contributed by atoms with E-state index in [9.17, 15) is 0 Å². The van der Waals surface area contributed by atoms with Crippen molar-refractivity contribution in [2.75, 3.05) is 0 Å². The first kappa shape index (κ1) is 25.7. The third kappa shape index (κ3) is 4.60. The molecule has 8 rings (SSSR count). The number of hydrogen-bond acceptors (Lipinski definition) is 2. The van der Waals surface area contributed by atoms with Crippen molar-refractivity contribution in [3.63, 3.8) is 0 Å². The first-order valence-electron chi connectivity index (χ1n) is 12.9. The predicted octanol–water partition coefficient (Wildman–Crippen LogP) is 9.71. The molecule has 2 nitrogen and oxygen atoms in total. The molecule has 0 spiro atoms. The van der Waals surface area contributed by atoms with Crippen LogP contribution in [0, 0.1) is 18.2 Å². The maximum Gasteiger partial charge on any atom is 3.00 e. The summed E-state index contributed by atoms with van der Waals surface area (Å²) < 4.78 is 6.49. The van der Waals surface area contributed by atoms with Crippen molar-refractivity contribution in [3.05, 3.63) is 152 Å². The second-order valence-corrected chi connectivity index (χ2v) is 9.26. The Labute approximate surface area is 246 Å². The Balaban J connectivity index is 0.000000188. The van der Waals surface area contributed by atoms with Gasteiger partial charge in [-0.2, -0.15) is 48.5 Å². The second-order valence-electron chi connectivity index (χ2n) is 9.26. The Morgan fingerprint density at radius 3 is 1.70 bits per heavy atom. The van der Waals surface area contributed by atoms with Crippen LogP contribution in [0.5, 0.6) is 0 Å². The smallest absolute Gasteiger partial charge is 0.500 e. The maximum atomic E-state index is 6.49. The van der Waals surface area contributed by atoms with Gasteiger partial charge in [-0.3, -0.25) is 0 Å². The van der Waals surface area contributed by atoms with Crippen LogP contribution in [0.1, 0.15) is 0 Å². The molecule has 190 valence electrons. The van der Waals surface area contributed by atoms with Crippen LogP contribution in [0.4, 0.5) is 0 Å². The Morgan fingerprint density at radius 1 is 0.475 bits per heavy atom. The summed E-state index contributed by atoms with van der Waals surface area (Å²) in [5.41, 5.74) is 5.73. The van der Waals surface area contributed by atoms with E-state index < -0.39 is 0 Å². The maximum absolute atomic E-state index is 6.49. The largest absolute Gasteiger partial charge is 3.00 e. The van der Waals surface area contributed by atoms with E-state index in [1.54, 1.807) is 6.20 Å². The topological polar surface area (TPSA) is 26.0 Å². The number of benzene rings is 6. The molecule has 0 radical (unpaired) electrons. The molecular formula is C37H22IrNO. The van der Waals surface area contributed by atoms with Gasteiger partial charge in [0.15, 0.2) is 0 Å². The van der Waals surface area contributed by atoms with Gasteiger partial charge >= 0.3 is 20.1 Å². The molecule has 6 aromatic carbocycles. The van der Waals surface area contributed by atoms with E-state index in [2.05, 4.69) is 77.8 Å². The van der Waals surface area contributed by atoms with Gasteiger partial charge in [0.05, 0.1) is 5.58 Å². The fraction of sp³-hybridized carbons (Fsp3) is 0. The fourth-order valence-electron chi connectivity index (χ4n) is 5.19. The molecule has 0 unspecified atom stereocenters. The zero-order chi connectivity index (χ0) is 26.0. The minimum absolute atomic E-state index is 0. The third-order valence-corrected chi connectivity index (χ3v) is 6.94. The number of pyridine rings is 1. The van der Waals surface area contributed by atoms with Gasteiger partial charge in [-0.15, -0.1) is 30.3 Å². The molecule has 0 aliphatic carbocycles. The number of furan rings is 1. The molecule has 0 atom stereocenters. The quantitative estimate of drug-likeness (QED) is 0.134. The van der Waals surface area contributed by atoms with Crippen LogP contribution in [0.15, 0.2) is 138 Å². The van der Waals surface area contributed by atoms with Crippen molar-refractivity contribution < 1.29 is 24.5 Å². The molecule has 8 aromatic rings. The number of fused-ring (bicyclic) bond motifs is 8. The Kier molecular flexibility index (Phi) is 7.25. The van der Waals surface area contributed by atoms with Gasteiger partial charge in [-0.1, -0.05) is 71.6 Å². The normalized spacial score (nSPS) is 10.8. The average Bonchev–Trinajstić information content (AvgIpc) is 3.43. The summed E-state index contributed by atoms with van der Waals surface area (Å²) in [4.78, 5) is 4.50. The Hall–Kier alpha value is -4.56.